The predicted octanol–water partition coefficient (Wildman–Crippen LogP) is 1.01. The smallest absolute Gasteiger partial charge is 0.319 e. The number of likely N-dealkylation sites (tertiary alicyclic amines) is 1. The van der Waals surface area contributed by atoms with Crippen LogP contribution in [-0.4, -0.2) is 49.7 Å². The highest BCUT2D eigenvalue weighted by molar-refractivity contribution is 5.71. The van der Waals surface area contributed by atoms with Crippen molar-refractivity contribution in [2.24, 2.45) is 0 Å². The highest BCUT2D eigenvalue weighted by Crippen LogP contribution is 2.08. The molecule has 0 spiro atoms. The third-order valence-corrected chi connectivity index (χ3v) is 2.88. The van der Waals surface area contributed by atoms with Gasteiger partial charge in [-0.25, -0.2) is 0 Å². The van der Waals surface area contributed by atoms with Crippen LogP contribution in [0.1, 0.15) is 33.1 Å². The lowest BCUT2D eigenvalue weighted by molar-refractivity contribution is -0.142. The van der Waals surface area contributed by atoms with Gasteiger partial charge in [0.25, 0.3) is 0 Å². The topological polar surface area (TPSA) is 41.6 Å². The lowest BCUT2D eigenvalue weighted by Gasteiger charge is -2.29. The minimum Gasteiger partial charge on any atom is -0.465 e. The first-order valence-corrected chi connectivity index (χ1v) is 6.33. The van der Waals surface area contributed by atoms with Crippen molar-refractivity contribution in [3.05, 3.63) is 0 Å². The Bertz CT molecular complexity index is 203. The second-order valence-corrected chi connectivity index (χ2v) is 4.45. The summed E-state index contributed by atoms with van der Waals surface area (Å²) in [6.45, 7) is 8.16. The third kappa shape index (κ3) is 5.47. The molecule has 1 unspecified atom stereocenters. The standard InChI is InChI=1S/C12H24N2O2/c1-3-16-12(15)9-13-11(2)10-14-7-5-4-6-8-14/h11,13H,3-10H2,1-2H3. The number of hydrogen-bond acceptors (Lipinski definition) is 4. The molecule has 1 rings (SSSR count). The number of esters is 1. The summed E-state index contributed by atoms with van der Waals surface area (Å²) in [6.07, 6.45) is 3.98. The first-order chi connectivity index (χ1) is 7.72. The van der Waals surface area contributed by atoms with Gasteiger partial charge in [-0.05, 0) is 39.8 Å². The predicted molar refractivity (Wildman–Crippen MR) is 64.4 cm³/mol. The van der Waals surface area contributed by atoms with E-state index in [1.54, 1.807) is 0 Å². The number of carbonyl (C=O) groups is 1. The van der Waals surface area contributed by atoms with E-state index in [1.165, 1.54) is 32.4 Å². The molecule has 1 aliphatic heterocycles. The molecule has 0 bridgehead atoms. The van der Waals surface area contributed by atoms with Gasteiger partial charge in [0.15, 0.2) is 0 Å². The molecule has 1 saturated heterocycles. The quantitative estimate of drug-likeness (QED) is 0.689. The molecule has 0 aromatic carbocycles. The summed E-state index contributed by atoms with van der Waals surface area (Å²) in [7, 11) is 0. The normalized spacial score (nSPS) is 19.4. The maximum Gasteiger partial charge on any atom is 0.319 e. The van der Waals surface area contributed by atoms with Crippen LogP contribution in [0.2, 0.25) is 0 Å². The molecule has 1 fully saturated rings. The number of nitrogens with one attached hydrogen (secondary N) is 1. The largest absolute Gasteiger partial charge is 0.465 e. The van der Waals surface area contributed by atoms with Crippen LogP contribution in [0, 0.1) is 0 Å². The zero-order chi connectivity index (χ0) is 11.8. The summed E-state index contributed by atoms with van der Waals surface area (Å²) >= 11 is 0. The summed E-state index contributed by atoms with van der Waals surface area (Å²) < 4.78 is 4.87. The summed E-state index contributed by atoms with van der Waals surface area (Å²) in [4.78, 5) is 13.6. The van der Waals surface area contributed by atoms with Crippen LogP contribution < -0.4 is 5.32 Å². The van der Waals surface area contributed by atoms with Gasteiger partial charge in [-0.1, -0.05) is 6.42 Å². The second kappa shape index (κ2) is 7.63. The molecule has 0 aromatic heterocycles. The maximum absolute atomic E-state index is 11.1. The Kier molecular flexibility index (Phi) is 6.42. The van der Waals surface area contributed by atoms with Crippen LogP contribution in [0.3, 0.4) is 0 Å². The van der Waals surface area contributed by atoms with Crippen LogP contribution in [0.15, 0.2) is 0 Å². The van der Waals surface area contributed by atoms with E-state index >= 15 is 0 Å². The number of rotatable bonds is 6. The third-order valence-electron chi connectivity index (χ3n) is 2.88. The Morgan fingerprint density at radius 2 is 2.06 bits per heavy atom. The van der Waals surface area contributed by atoms with Crippen LogP contribution in [0.4, 0.5) is 0 Å². The van der Waals surface area contributed by atoms with E-state index in [1.807, 2.05) is 6.92 Å². The first-order valence-electron chi connectivity index (χ1n) is 6.33. The Morgan fingerprint density at radius 3 is 2.69 bits per heavy atom. The molecule has 0 radical (unpaired) electrons. The van der Waals surface area contributed by atoms with E-state index in [9.17, 15) is 4.79 Å². The van der Waals surface area contributed by atoms with Crippen molar-refractivity contribution in [1.29, 1.82) is 0 Å². The average molecular weight is 228 g/mol. The highest BCUT2D eigenvalue weighted by atomic mass is 16.5. The van der Waals surface area contributed by atoms with Crippen LogP contribution in [0.5, 0.6) is 0 Å². The molecule has 1 atom stereocenters. The van der Waals surface area contributed by atoms with Gasteiger partial charge in [-0.2, -0.15) is 0 Å². The van der Waals surface area contributed by atoms with Crippen molar-refractivity contribution in [2.45, 2.75) is 39.2 Å². The van der Waals surface area contributed by atoms with Gasteiger partial charge in [-0.3, -0.25) is 4.79 Å². The van der Waals surface area contributed by atoms with Crippen molar-refractivity contribution in [1.82, 2.24) is 10.2 Å². The zero-order valence-electron chi connectivity index (χ0n) is 10.5. The van der Waals surface area contributed by atoms with Crippen molar-refractivity contribution >= 4 is 5.97 Å². The number of piperidine rings is 1. The van der Waals surface area contributed by atoms with Crippen molar-refractivity contribution in [3.8, 4) is 0 Å². The van der Waals surface area contributed by atoms with Gasteiger partial charge >= 0.3 is 5.97 Å². The molecule has 1 N–H and O–H groups in total. The summed E-state index contributed by atoms with van der Waals surface area (Å²) in [5.41, 5.74) is 0. The summed E-state index contributed by atoms with van der Waals surface area (Å²) in [5.74, 6) is -0.159. The van der Waals surface area contributed by atoms with Gasteiger partial charge < -0.3 is 15.0 Å². The minimum absolute atomic E-state index is 0.159. The summed E-state index contributed by atoms with van der Waals surface area (Å²) in [5, 5.41) is 3.20. The van der Waals surface area contributed by atoms with Gasteiger partial charge in [0.1, 0.15) is 0 Å². The fraction of sp³-hybridized carbons (Fsp3) is 0.917. The average Bonchev–Trinajstić information content (AvgIpc) is 2.28. The van der Waals surface area contributed by atoms with Gasteiger partial charge in [0.2, 0.25) is 0 Å². The first kappa shape index (κ1) is 13.5. The molecule has 0 saturated carbocycles. The van der Waals surface area contributed by atoms with E-state index in [0.29, 0.717) is 19.2 Å². The molecule has 16 heavy (non-hydrogen) atoms. The number of carbonyl (C=O) groups excluding carboxylic acids is 1. The maximum atomic E-state index is 11.1. The summed E-state index contributed by atoms with van der Waals surface area (Å²) in [6, 6.07) is 0.350. The van der Waals surface area contributed by atoms with Crippen molar-refractivity contribution in [2.75, 3.05) is 32.8 Å². The lowest BCUT2D eigenvalue weighted by Crippen LogP contribution is -2.43. The Balaban J connectivity index is 2.09. The van der Waals surface area contributed by atoms with Crippen molar-refractivity contribution in [3.63, 3.8) is 0 Å². The molecular formula is C12H24N2O2. The zero-order valence-corrected chi connectivity index (χ0v) is 10.5. The number of hydrogen-bond donors (Lipinski definition) is 1. The second-order valence-electron chi connectivity index (χ2n) is 4.45. The number of ether oxygens (including phenoxy) is 1. The molecule has 1 heterocycles. The molecule has 0 aliphatic carbocycles. The molecule has 4 nitrogen and oxygen atoms in total. The van der Waals surface area contributed by atoms with Crippen molar-refractivity contribution < 1.29 is 9.53 Å². The minimum atomic E-state index is -0.159. The molecule has 0 aromatic rings. The van der Waals surface area contributed by atoms with Crippen LogP contribution in [0.25, 0.3) is 0 Å². The Morgan fingerprint density at radius 1 is 1.38 bits per heavy atom. The Hall–Kier alpha value is -0.610. The molecule has 4 heteroatoms. The molecule has 1 aliphatic rings. The van der Waals surface area contributed by atoms with Crippen LogP contribution >= 0.6 is 0 Å². The number of nitrogens with zero attached hydrogens (tertiary/aromatic N) is 1. The van der Waals surface area contributed by atoms with E-state index in [-0.39, 0.29) is 5.97 Å². The van der Waals surface area contributed by atoms with E-state index < -0.39 is 0 Å². The van der Waals surface area contributed by atoms with E-state index in [4.69, 9.17) is 4.74 Å². The highest BCUT2D eigenvalue weighted by Gasteiger charge is 2.13. The fourth-order valence-electron chi connectivity index (χ4n) is 2.06. The van der Waals surface area contributed by atoms with Gasteiger partial charge in [-0.15, -0.1) is 0 Å². The SMILES string of the molecule is CCOC(=O)CNC(C)CN1CCCCC1. The lowest BCUT2D eigenvalue weighted by atomic mass is 10.1. The fourth-order valence-corrected chi connectivity index (χ4v) is 2.06. The Labute approximate surface area is 98.3 Å². The monoisotopic (exact) mass is 228 g/mol. The molecule has 94 valence electrons. The van der Waals surface area contributed by atoms with Gasteiger partial charge in [0.05, 0.1) is 13.2 Å². The van der Waals surface area contributed by atoms with E-state index in [2.05, 4.69) is 17.1 Å². The molecule has 0 amide bonds. The molecular weight excluding hydrogens is 204 g/mol. The van der Waals surface area contributed by atoms with Crippen LogP contribution in [-0.2, 0) is 9.53 Å². The van der Waals surface area contributed by atoms with E-state index in [0.717, 1.165) is 6.54 Å². The van der Waals surface area contributed by atoms with Gasteiger partial charge in [0, 0.05) is 12.6 Å².